The van der Waals surface area contributed by atoms with Crippen LogP contribution in [0.5, 0.6) is 5.75 Å². The zero-order valence-corrected chi connectivity index (χ0v) is 17.0. The molecule has 1 atom stereocenters. The Morgan fingerprint density at radius 1 is 1.13 bits per heavy atom. The summed E-state index contributed by atoms with van der Waals surface area (Å²) in [6.07, 6.45) is 1.76. The van der Waals surface area contributed by atoms with Gasteiger partial charge in [0.2, 0.25) is 0 Å². The fraction of sp³-hybridized carbons (Fsp3) is 0.167. The first-order valence-electron chi connectivity index (χ1n) is 9.78. The molecule has 0 aliphatic heterocycles. The Hall–Kier alpha value is -3.64. The van der Waals surface area contributed by atoms with Crippen molar-refractivity contribution in [1.82, 2.24) is 15.5 Å². The van der Waals surface area contributed by atoms with Crippen LogP contribution in [0.3, 0.4) is 0 Å². The van der Waals surface area contributed by atoms with Gasteiger partial charge in [0.25, 0.3) is 5.91 Å². The fourth-order valence-corrected chi connectivity index (χ4v) is 3.60. The van der Waals surface area contributed by atoms with E-state index in [4.69, 9.17) is 10.5 Å². The van der Waals surface area contributed by atoms with Crippen molar-refractivity contribution in [2.45, 2.75) is 13.0 Å². The van der Waals surface area contributed by atoms with Crippen molar-refractivity contribution in [3.63, 3.8) is 0 Å². The van der Waals surface area contributed by atoms with Gasteiger partial charge in [-0.3, -0.25) is 9.89 Å². The predicted octanol–water partition coefficient (Wildman–Crippen LogP) is 3.98. The summed E-state index contributed by atoms with van der Waals surface area (Å²) in [7, 11) is 1.63. The molecule has 0 aliphatic rings. The lowest BCUT2D eigenvalue weighted by Crippen LogP contribution is -2.33. The number of ether oxygens (including phenoxy) is 1. The number of rotatable bonds is 6. The van der Waals surface area contributed by atoms with E-state index in [1.807, 2.05) is 61.5 Å². The smallest absolute Gasteiger partial charge is 0.251 e. The Bertz CT molecular complexity index is 1200. The highest BCUT2D eigenvalue weighted by atomic mass is 16.5. The van der Waals surface area contributed by atoms with Crippen LogP contribution in [0.25, 0.3) is 22.0 Å². The van der Waals surface area contributed by atoms with Gasteiger partial charge in [0.05, 0.1) is 19.3 Å². The van der Waals surface area contributed by atoms with E-state index in [0.29, 0.717) is 17.9 Å². The van der Waals surface area contributed by atoms with Crippen LogP contribution in [-0.2, 0) is 0 Å². The molecule has 0 aliphatic carbocycles. The topological polar surface area (TPSA) is 93.0 Å². The third kappa shape index (κ3) is 3.90. The van der Waals surface area contributed by atoms with Crippen LogP contribution >= 0.6 is 0 Å². The van der Waals surface area contributed by atoms with E-state index in [9.17, 15) is 4.79 Å². The molecule has 4 aromatic rings. The Kier molecular flexibility index (Phi) is 5.50. The van der Waals surface area contributed by atoms with Crippen molar-refractivity contribution in [3.05, 3.63) is 83.6 Å². The second-order valence-electron chi connectivity index (χ2n) is 7.27. The number of nitrogens with one attached hydrogen (secondary N) is 2. The van der Waals surface area contributed by atoms with Crippen LogP contribution in [0.2, 0.25) is 0 Å². The maximum absolute atomic E-state index is 12.9. The van der Waals surface area contributed by atoms with Gasteiger partial charge >= 0.3 is 0 Å². The number of aromatic amines is 1. The number of hydrogen-bond acceptors (Lipinski definition) is 4. The number of nitrogens with zero attached hydrogens (tertiary/aromatic N) is 1. The minimum atomic E-state index is -0.247. The first-order valence-corrected chi connectivity index (χ1v) is 9.78. The second-order valence-corrected chi connectivity index (χ2v) is 7.27. The van der Waals surface area contributed by atoms with Crippen LogP contribution in [0.1, 0.15) is 27.5 Å². The molecule has 0 saturated carbocycles. The van der Waals surface area contributed by atoms with Crippen molar-refractivity contribution in [3.8, 4) is 16.9 Å². The van der Waals surface area contributed by atoms with Crippen molar-refractivity contribution in [1.29, 1.82) is 0 Å². The number of amides is 1. The molecule has 4 N–H and O–H groups in total. The van der Waals surface area contributed by atoms with Gasteiger partial charge in [-0.15, -0.1) is 0 Å². The van der Waals surface area contributed by atoms with Gasteiger partial charge in [-0.25, -0.2) is 0 Å². The fourth-order valence-electron chi connectivity index (χ4n) is 3.60. The highest BCUT2D eigenvalue weighted by Crippen LogP contribution is 2.31. The van der Waals surface area contributed by atoms with Crippen molar-refractivity contribution >= 4 is 16.8 Å². The number of nitrogens with two attached hydrogens (primary N) is 1. The third-order valence-electron chi connectivity index (χ3n) is 5.18. The average molecular weight is 400 g/mol. The molecular formula is C24H24N4O2. The number of carbonyl (C=O) groups is 1. The summed E-state index contributed by atoms with van der Waals surface area (Å²) in [5.74, 6) is 0.544. The number of aromatic nitrogens is 2. The number of aryl methyl sites for hydroxylation is 1. The number of methoxy groups -OCH3 is 1. The maximum atomic E-state index is 12.9. The number of carbonyl (C=O) groups excluding carboxylic acids is 1. The molecule has 0 radical (unpaired) electrons. The van der Waals surface area contributed by atoms with Gasteiger partial charge in [0, 0.05) is 17.5 Å². The zero-order valence-electron chi connectivity index (χ0n) is 17.0. The molecule has 0 saturated heterocycles. The van der Waals surface area contributed by atoms with Crippen molar-refractivity contribution in [2.24, 2.45) is 5.73 Å². The van der Waals surface area contributed by atoms with Crippen molar-refractivity contribution in [2.75, 3.05) is 13.7 Å². The molecule has 1 unspecified atom stereocenters. The standard InChI is InChI=1S/C24H24N4O2/c1-15-5-3-7-17(9-15)21(13-25)27-24(29)18-8-4-6-16(10-18)19-11-20-14-26-28-23(20)22(12-19)30-2/h3-12,14,21H,13,25H2,1-2H3,(H,26,28)(H,27,29). The zero-order chi connectivity index (χ0) is 21.1. The average Bonchev–Trinajstić information content (AvgIpc) is 3.25. The molecule has 0 fully saturated rings. The SMILES string of the molecule is COc1cc(-c2cccc(C(=O)NC(CN)c3cccc(C)c3)c2)cc2cn[nH]c12. The van der Waals surface area contributed by atoms with Gasteiger partial charge in [0.15, 0.2) is 0 Å². The summed E-state index contributed by atoms with van der Waals surface area (Å²) >= 11 is 0. The molecule has 0 bridgehead atoms. The first-order chi connectivity index (χ1) is 14.6. The lowest BCUT2D eigenvalue weighted by molar-refractivity contribution is 0.0938. The van der Waals surface area contributed by atoms with E-state index in [0.717, 1.165) is 33.2 Å². The summed E-state index contributed by atoms with van der Waals surface area (Å²) in [5, 5.41) is 11.0. The van der Waals surface area contributed by atoms with E-state index in [2.05, 4.69) is 15.5 Å². The monoisotopic (exact) mass is 400 g/mol. The predicted molar refractivity (Wildman–Crippen MR) is 119 cm³/mol. The highest BCUT2D eigenvalue weighted by molar-refractivity contribution is 5.96. The van der Waals surface area contributed by atoms with Crippen LogP contribution in [-0.4, -0.2) is 29.8 Å². The van der Waals surface area contributed by atoms with E-state index < -0.39 is 0 Å². The lowest BCUT2D eigenvalue weighted by Gasteiger charge is -2.18. The second kappa shape index (κ2) is 8.39. The first kappa shape index (κ1) is 19.7. The summed E-state index contributed by atoms with van der Waals surface area (Å²) in [6.45, 7) is 2.34. The van der Waals surface area contributed by atoms with E-state index in [-0.39, 0.29) is 11.9 Å². The quantitative estimate of drug-likeness (QED) is 0.456. The maximum Gasteiger partial charge on any atom is 0.251 e. The lowest BCUT2D eigenvalue weighted by atomic mass is 10.00. The van der Waals surface area contributed by atoms with E-state index in [1.165, 1.54) is 0 Å². The molecule has 30 heavy (non-hydrogen) atoms. The molecule has 1 amide bonds. The van der Waals surface area contributed by atoms with Crippen LogP contribution in [0, 0.1) is 6.92 Å². The van der Waals surface area contributed by atoms with Gasteiger partial charge in [-0.1, -0.05) is 42.0 Å². The molecule has 3 aromatic carbocycles. The van der Waals surface area contributed by atoms with Crippen LogP contribution in [0.15, 0.2) is 66.9 Å². The number of benzene rings is 3. The molecule has 152 valence electrons. The highest BCUT2D eigenvalue weighted by Gasteiger charge is 2.16. The van der Waals surface area contributed by atoms with Gasteiger partial charge in [-0.05, 0) is 47.9 Å². The van der Waals surface area contributed by atoms with E-state index in [1.54, 1.807) is 19.4 Å². The summed E-state index contributed by atoms with van der Waals surface area (Å²) < 4.78 is 5.49. The Labute approximate surface area is 175 Å². The number of fused-ring (bicyclic) bond motifs is 1. The largest absolute Gasteiger partial charge is 0.494 e. The minimum Gasteiger partial charge on any atom is -0.494 e. The molecule has 6 nitrogen and oxygen atoms in total. The van der Waals surface area contributed by atoms with Crippen LogP contribution in [0.4, 0.5) is 0 Å². The summed E-state index contributed by atoms with van der Waals surface area (Å²) in [5.41, 5.74) is 11.4. The van der Waals surface area contributed by atoms with Gasteiger partial charge < -0.3 is 15.8 Å². The molecule has 6 heteroatoms. The Balaban J connectivity index is 1.62. The summed E-state index contributed by atoms with van der Waals surface area (Å²) in [4.78, 5) is 12.9. The molecule has 1 heterocycles. The van der Waals surface area contributed by atoms with Crippen LogP contribution < -0.4 is 15.8 Å². The molecular weight excluding hydrogens is 376 g/mol. The van der Waals surface area contributed by atoms with Gasteiger partial charge in [0.1, 0.15) is 11.3 Å². The number of H-pyrrole nitrogens is 1. The molecule has 0 spiro atoms. The van der Waals surface area contributed by atoms with E-state index >= 15 is 0 Å². The van der Waals surface area contributed by atoms with Crippen molar-refractivity contribution < 1.29 is 9.53 Å². The molecule has 1 aromatic heterocycles. The Morgan fingerprint density at radius 3 is 2.73 bits per heavy atom. The third-order valence-corrected chi connectivity index (χ3v) is 5.18. The minimum absolute atomic E-state index is 0.162. The molecule has 4 rings (SSSR count). The summed E-state index contributed by atoms with van der Waals surface area (Å²) in [6, 6.07) is 19.3. The normalized spacial score (nSPS) is 12.0. The Morgan fingerprint density at radius 2 is 1.97 bits per heavy atom. The number of hydrogen-bond donors (Lipinski definition) is 3. The van der Waals surface area contributed by atoms with Gasteiger partial charge in [-0.2, -0.15) is 5.10 Å².